The molecule has 8 nitrogen and oxygen atoms in total. The molecule has 13 heteroatoms. The Labute approximate surface area is 173 Å². The van der Waals surface area contributed by atoms with Gasteiger partial charge < -0.3 is 5.73 Å². The second-order valence-electron chi connectivity index (χ2n) is 6.42. The first-order chi connectivity index (χ1) is 14.3. The molecule has 0 bridgehead atoms. The van der Waals surface area contributed by atoms with E-state index in [2.05, 4.69) is 5.10 Å². The Morgan fingerprint density at radius 1 is 1.10 bits per heavy atom. The number of alkyl halides is 3. The van der Waals surface area contributed by atoms with Crippen molar-refractivity contribution in [2.75, 3.05) is 11.9 Å². The van der Waals surface area contributed by atoms with E-state index in [4.69, 9.17) is 10.9 Å². The lowest BCUT2D eigenvalue weighted by Gasteiger charge is -2.19. The van der Waals surface area contributed by atoms with Crippen molar-refractivity contribution in [3.05, 3.63) is 60.0 Å². The summed E-state index contributed by atoms with van der Waals surface area (Å²) < 4.78 is 77.8. The normalized spacial score (nSPS) is 12.1. The molecule has 31 heavy (non-hydrogen) atoms. The predicted octanol–water partition coefficient (Wildman–Crippen LogP) is 2.86. The minimum Gasteiger partial charge on any atom is -0.351 e. The average Bonchev–Trinajstić information content (AvgIpc) is 3.12. The standard InChI is InChI=1S/C18H15F4N5O3S/c1-26(17(23)28)14-7-2-10(19)8-13(14)15-9-16(18(20,21)22)25-27(15)11-3-5-12(6-4-11)31(24,29)30/h2-9H,1H3,(H2,23,28)(H2,24,29,30). The van der Waals surface area contributed by atoms with E-state index in [1.807, 2.05) is 0 Å². The minimum atomic E-state index is -4.83. The Morgan fingerprint density at radius 2 is 1.71 bits per heavy atom. The Hall–Kier alpha value is -3.45. The highest BCUT2D eigenvalue weighted by molar-refractivity contribution is 7.89. The molecule has 0 aliphatic carbocycles. The third-order valence-electron chi connectivity index (χ3n) is 4.34. The minimum absolute atomic E-state index is 0.0323. The van der Waals surface area contributed by atoms with E-state index >= 15 is 0 Å². The van der Waals surface area contributed by atoms with Crippen molar-refractivity contribution in [2.45, 2.75) is 11.1 Å². The number of benzene rings is 2. The maximum Gasteiger partial charge on any atom is 0.435 e. The zero-order chi connectivity index (χ0) is 23.1. The van der Waals surface area contributed by atoms with Crippen LogP contribution in [0.1, 0.15) is 5.69 Å². The first kappa shape index (κ1) is 22.2. The highest BCUT2D eigenvalue weighted by Crippen LogP contribution is 2.37. The summed E-state index contributed by atoms with van der Waals surface area (Å²) in [6.45, 7) is 0. The summed E-state index contributed by atoms with van der Waals surface area (Å²) in [6.07, 6.45) is -4.83. The van der Waals surface area contributed by atoms with Gasteiger partial charge in [-0.1, -0.05) is 0 Å². The summed E-state index contributed by atoms with van der Waals surface area (Å²) >= 11 is 0. The molecule has 0 spiro atoms. The van der Waals surface area contributed by atoms with Crippen LogP contribution in [0.25, 0.3) is 16.9 Å². The van der Waals surface area contributed by atoms with Crippen LogP contribution in [0.5, 0.6) is 0 Å². The predicted molar refractivity (Wildman–Crippen MR) is 103 cm³/mol. The van der Waals surface area contributed by atoms with Crippen molar-refractivity contribution in [1.29, 1.82) is 0 Å². The van der Waals surface area contributed by atoms with E-state index in [9.17, 15) is 30.8 Å². The van der Waals surface area contributed by atoms with Crippen LogP contribution in [-0.4, -0.2) is 31.3 Å². The fourth-order valence-electron chi connectivity index (χ4n) is 2.81. The van der Waals surface area contributed by atoms with E-state index in [-0.39, 0.29) is 27.5 Å². The molecule has 0 fully saturated rings. The number of primary amides is 1. The van der Waals surface area contributed by atoms with Crippen LogP contribution < -0.4 is 15.8 Å². The largest absolute Gasteiger partial charge is 0.435 e. The molecule has 0 saturated heterocycles. The van der Waals surface area contributed by atoms with E-state index < -0.39 is 33.7 Å². The zero-order valence-electron chi connectivity index (χ0n) is 15.8. The lowest BCUT2D eigenvalue weighted by atomic mass is 10.1. The van der Waals surface area contributed by atoms with Crippen LogP contribution in [0.15, 0.2) is 53.4 Å². The van der Waals surface area contributed by atoms with Crippen LogP contribution in [0.2, 0.25) is 0 Å². The summed E-state index contributed by atoms with van der Waals surface area (Å²) in [4.78, 5) is 12.3. The summed E-state index contributed by atoms with van der Waals surface area (Å²) in [6, 6.07) is 7.45. The van der Waals surface area contributed by atoms with Gasteiger partial charge in [-0.3, -0.25) is 4.90 Å². The highest BCUT2D eigenvalue weighted by atomic mass is 32.2. The van der Waals surface area contributed by atoms with Gasteiger partial charge in [0.1, 0.15) is 5.82 Å². The van der Waals surface area contributed by atoms with Gasteiger partial charge in [-0.2, -0.15) is 18.3 Å². The molecular formula is C18H15F4N5O3S. The van der Waals surface area contributed by atoms with Gasteiger partial charge in [-0.25, -0.2) is 27.4 Å². The Bertz CT molecular complexity index is 1250. The molecule has 0 radical (unpaired) electrons. The molecule has 0 unspecified atom stereocenters. The molecule has 0 atom stereocenters. The number of primary sulfonamides is 1. The molecule has 164 valence electrons. The maximum absolute atomic E-state index is 14.0. The number of nitrogens with zero attached hydrogens (tertiary/aromatic N) is 3. The Kier molecular flexibility index (Phi) is 5.50. The van der Waals surface area contributed by atoms with Crippen LogP contribution in [0.3, 0.4) is 0 Å². The summed E-state index contributed by atoms with van der Waals surface area (Å²) in [5.41, 5.74) is 3.74. The molecule has 3 aromatic rings. The summed E-state index contributed by atoms with van der Waals surface area (Å²) in [5.74, 6) is -0.775. The van der Waals surface area contributed by atoms with Gasteiger partial charge >= 0.3 is 12.2 Å². The number of rotatable bonds is 4. The van der Waals surface area contributed by atoms with Gasteiger partial charge in [-0.05, 0) is 48.5 Å². The van der Waals surface area contributed by atoms with Crippen molar-refractivity contribution in [2.24, 2.45) is 10.9 Å². The van der Waals surface area contributed by atoms with Crippen molar-refractivity contribution in [3.8, 4) is 16.9 Å². The average molecular weight is 457 g/mol. The molecule has 0 saturated carbocycles. The van der Waals surface area contributed by atoms with E-state index in [1.54, 1.807) is 0 Å². The van der Waals surface area contributed by atoms with Gasteiger partial charge in [0, 0.05) is 12.6 Å². The van der Waals surface area contributed by atoms with Crippen LogP contribution in [-0.2, 0) is 16.2 Å². The topological polar surface area (TPSA) is 124 Å². The number of nitrogens with two attached hydrogens (primary N) is 2. The number of sulfonamides is 1. The number of aromatic nitrogens is 2. The second kappa shape index (κ2) is 7.67. The van der Waals surface area contributed by atoms with E-state index in [0.717, 1.165) is 33.8 Å². The molecule has 3 rings (SSSR count). The van der Waals surface area contributed by atoms with Crippen molar-refractivity contribution >= 4 is 21.7 Å². The maximum atomic E-state index is 14.0. The van der Waals surface area contributed by atoms with Crippen LogP contribution in [0, 0.1) is 5.82 Å². The van der Waals surface area contributed by atoms with Gasteiger partial charge in [0.2, 0.25) is 10.0 Å². The van der Waals surface area contributed by atoms with Crippen molar-refractivity contribution in [3.63, 3.8) is 0 Å². The fourth-order valence-corrected chi connectivity index (χ4v) is 3.33. The third kappa shape index (κ3) is 4.51. The fraction of sp³-hybridized carbons (Fsp3) is 0.111. The van der Waals surface area contributed by atoms with E-state index in [0.29, 0.717) is 6.07 Å². The summed E-state index contributed by atoms with van der Waals surface area (Å²) in [7, 11) is -2.76. The molecule has 4 N–H and O–H groups in total. The molecule has 0 aliphatic heterocycles. The molecule has 2 amide bonds. The van der Waals surface area contributed by atoms with Gasteiger partial charge in [0.05, 0.1) is 22.0 Å². The molecule has 1 heterocycles. The number of carbonyl (C=O) groups is 1. The number of urea groups is 1. The van der Waals surface area contributed by atoms with Gasteiger partial charge in [-0.15, -0.1) is 0 Å². The monoisotopic (exact) mass is 457 g/mol. The Morgan fingerprint density at radius 3 is 2.23 bits per heavy atom. The lowest BCUT2D eigenvalue weighted by molar-refractivity contribution is -0.141. The van der Waals surface area contributed by atoms with Crippen LogP contribution >= 0.6 is 0 Å². The van der Waals surface area contributed by atoms with Crippen LogP contribution in [0.4, 0.5) is 28.0 Å². The molecule has 1 aromatic heterocycles. The molecular weight excluding hydrogens is 442 g/mol. The Balaban J connectivity index is 2.28. The van der Waals surface area contributed by atoms with Crippen molar-refractivity contribution < 1.29 is 30.8 Å². The number of halogens is 4. The first-order valence-electron chi connectivity index (χ1n) is 8.42. The number of hydrogen-bond acceptors (Lipinski definition) is 4. The van der Waals surface area contributed by atoms with Gasteiger partial charge in [0.15, 0.2) is 5.69 Å². The summed E-state index contributed by atoms with van der Waals surface area (Å²) in [5, 5.41) is 8.58. The quantitative estimate of drug-likeness (QED) is 0.585. The number of amides is 2. The number of anilines is 1. The van der Waals surface area contributed by atoms with E-state index in [1.165, 1.54) is 25.2 Å². The first-order valence-corrected chi connectivity index (χ1v) is 9.97. The SMILES string of the molecule is CN(C(N)=O)c1ccc(F)cc1-c1cc(C(F)(F)F)nn1-c1ccc(S(N)(=O)=O)cc1. The second-order valence-corrected chi connectivity index (χ2v) is 7.98. The zero-order valence-corrected chi connectivity index (χ0v) is 16.6. The lowest BCUT2D eigenvalue weighted by Crippen LogP contribution is -2.32. The number of hydrogen-bond donors (Lipinski definition) is 2. The number of carbonyl (C=O) groups excluding carboxylic acids is 1. The molecule has 0 aliphatic rings. The van der Waals surface area contributed by atoms with Crippen molar-refractivity contribution in [1.82, 2.24) is 9.78 Å². The third-order valence-corrected chi connectivity index (χ3v) is 5.27. The highest BCUT2D eigenvalue weighted by Gasteiger charge is 2.36. The smallest absolute Gasteiger partial charge is 0.351 e. The molecule has 2 aromatic carbocycles. The van der Waals surface area contributed by atoms with Gasteiger partial charge in [0.25, 0.3) is 0 Å².